The van der Waals surface area contributed by atoms with Gasteiger partial charge in [-0.3, -0.25) is 4.72 Å². The van der Waals surface area contributed by atoms with Gasteiger partial charge in [0.2, 0.25) is 5.96 Å². The number of aryl methyl sites for hydroxylation is 2. The van der Waals surface area contributed by atoms with Gasteiger partial charge in [-0.1, -0.05) is 60.7 Å². The second kappa shape index (κ2) is 8.27. The van der Waals surface area contributed by atoms with E-state index in [-0.39, 0.29) is 5.82 Å². The van der Waals surface area contributed by atoms with Gasteiger partial charge in [-0.15, -0.1) is 0 Å². The van der Waals surface area contributed by atoms with Crippen LogP contribution >= 0.6 is 11.9 Å². The summed E-state index contributed by atoms with van der Waals surface area (Å²) in [6.07, 6.45) is 1.93. The molecule has 0 spiro atoms. The van der Waals surface area contributed by atoms with E-state index >= 15 is 0 Å². The lowest BCUT2D eigenvalue weighted by Gasteiger charge is -2.23. The number of guanidine groups is 1. The first-order chi connectivity index (χ1) is 13.3. The zero-order valence-electron chi connectivity index (χ0n) is 14.8. The van der Waals surface area contributed by atoms with Crippen LogP contribution in [0.4, 0.5) is 10.1 Å². The van der Waals surface area contributed by atoms with Gasteiger partial charge < -0.3 is 5.32 Å². The van der Waals surface area contributed by atoms with Gasteiger partial charge in [0, 0.05) is 5.56 Å². The van der Waals surface area contributed by atoms with E-state index in [0.29, 0.717) is 18.1 Å². The van der Waals surface area contributed by atoms with Crippen LogP contribution in [0, 0.1) is 5.82 Å². The SMILES string of the molecule is Fc1ccccc1CN=C1NSc2cccc(CCc3ccccc3)c2N1. The molecule has 3 nitrogen and oxygen atoms in total. The smallest absolute Gasteiger partial charge is 0.206 e. The maximum atomic E-state index is 13.8. The summed E-state index contributed by atoms with van der Waals surface area (Å²) in [5.74, 6) is 0.428. The predicted octanol–water partition coefficient (Wildman–Crippen LogP) is 5.19. The fraction of sp³-hybridized carbons (Fsp3) is 0.136. The summed E-state index contributed by atoms with van der Waals surface area (Å²) in [5.41, 5.74) is 4.25. The fourth-order valence-electron chi connectivity index (χ4n) is 3.05. The van der Waals surface area contributed by atoms with Crippen molar-refractivity contribution in [3.63, 3.8) is 0 Å². The third kappa shape index (κ3) is 4.31. The number of rotatable bonds is 5. The van der Waals surface area contributed by atoms with Crippen molar-refractivity contribution < 1.29 is 4.39 Å². The van der Waals surface area contributed by atoms with Gasteiger partial charge in [0.15, 0.2) is 0 Å². The Morgan fingerprint density at radius 3 is 2.44 bits per heavy atom. The molecule has 27 heavy (non-hydrogen) atoms. The molecule has 0 aliphatic carbocycles. The van der Waals surface area contributed by atoms with Crippen molar-refractivity contribution in [2.75, 3.05) is 5.32 Å². The summed E-state index contributed by atoms with van der Waals surface area (Å²) in [7, 11) is 0. The molecule has 3 aromatic rings. The van der Waals surface area contributed by atoms with Crippen molar-refractivity contribution in [2.45, 2.75) is 24.3 Å². The van der Waals surface area contributed by atoms with E-state index in [1.54, 1.807) is 12.1 Å². The van der Waals surface area contributed by atoms with Gasteiger partial charge >= 0.3 is 0 Å². The molecule has 0 unspecified atom stereocenters. The number of nitrogens with one attached hydrogen (secondary N) is 2. The van der Waals surface area contributed by atoms with Gasteiger partial charge in [-0.05, 0) is 48.0 Å². The molecule has 0 saturated heterocycles. The first kappa shape index (κ1) is 17.6. The zero-order valence-corrected chi connectivity index (χ0v) is 15.6. The maximum Gasteiger partial charge on any atom is 0.206 e. The molecule has 0 atom stereocenters. The second-order valence-corrected chi connectivity index (χ2v) is 7.21. The molecule has 1 aliphatic heterocycles. The number of hydrogen-bond donors (Lipinski definition) is 2. The Hall–Kier alpha value is -2.79. The summed E-state index contributed by atoms with van der Waals surface area (Å²) in [6, 6.07) is 23.5. The molecule has 0 aromatic heterocycles. The standard InChI is InChI=1S/C22H20FN3S/c23-19-11-5-4-9-18(19)15-24-22-25-21-17(10-6-12-20(21)27-26-22)14-13-16-7-2-1-3-8-16/h1-12H,13-15H2,(H2,24,25,26). The van der Waals surface area contributed by atoms with Gasteiger partial charge in [0.05, 0.1) is 17.1 Å². The van der Waals surface area contributed by atoms with Crippen molar-refractivity contribution in [3.8, 4) is 0 Å². The molecule has 4 rings (SSSR count). The highest BCUT2D eigenvalue weighted by molar-refractivity contribution is 7.98. The maximum absolute atomic E-state index is 13.8. The fourth-order valence-corrected chi connectivity index (χ4v) is 3.80. The highest BCUT2D eigenvalue weighted by Crippen LogP contribution is 2.32. The minimum atomic E-state index is -0.228. The zero-order chi connectivity index (χ0) is 18.5. The van der Waals surface area contributed by atoms with Gasteiger partial charge in [0.25, 0.3) is 0 Å². The first-order valence-corrected chi connectivity index (χ1v) is 9.75. The van der Waals surface area contributed by atoms with E-state index < -0.39 is 0 Å². The van der Waals surface area contributed by atoms with E-state index in [9.17, 15) is 4.39 Å². The van der Waals surface area contributed by atoms with Crippen LogP contribution in [-0.2, 0) is 19.4 Å². The van der Waals surface area contributed by atoms with Crippen molar-refractivity contribution in [1.82, 2.24) is 4.72 Å². The third-order valence-electron chi connectivity index (χ3n) is 4.50. The molecule has 3 aromatic carbocycles. The first-order valence-electron chi connectivity index (χ1n) is 8.93. The van der Waals surface area contributed by atoms with Gasteiger partial charge in [-0.25, -0.2) is 9.38 Å². The van der Waals surface area contributed by atoms with Crippen LogP contribution in [-0.4, -0.2) is 5.96 Å². The largest absolute Gasteiger partial charge is 0.324 e. The monoisotopic (exact) mass is 377 g/mol. The molecule has 0 amide bonds. The number of aliphatic imine (C=N–C) groups is 1. The minimum absolute atomic E-state index is 0.228. The molecular formula is C22H20FN3S. The normalized spacial score (nSPS) is 14.3. The quantitative estimate of drug-likeness (QED) is 0.601. The van der Waals surface area contributed by atoms with Crippen molar-refractivity contribution in [1.29, 1.82) is 0 Å². The van der Waals surface area contributed by atoms with E-state index in [1.807, 2.05) is 12.1 Å². The molecular weight excluding hydrogens is 357 g/mol. The third-order valence-corrected chi connectivity index (χ3v) is 5.36. The minimum Gasteiger partial charge on any atom is -0.324 e. The van der Waals surface area contributed by atoms with Crippen molar-refractivity contribution >= 4 is 23.6 Å². The average Bonchev–Trinajstić information content (AvgIpc) is 2.72. The highest BCUT2D eigenvalue weighted by atomic mass is 32.2. The Morgan fingerprint density at radius 1 is 0.815 bits per heavy atom. The number of benzene rings is 3. The molecule has 0 bridgehead atoms. The summed E-state index contributed by atoms with van der Waals surface area (Å²) < 4.78 is 17.0. The Kier molecular flexibility index (Phi) is 5.39. The lowest BCUT2D eigenvalue weighted by Crippen LogP contribution is -2.30. The number of halogens is 1. The van der Waals surface area contributed by atoms with E-state index in [1.165, 1.54) is 29.1 Å². The van der Waals surface area contributed by atoms with Crippen LogP contribution in [0.15, 0.2) is 82.7 Å². The van der Waals surface area contributed by atoms with Crippen LogP contribution in [0.25, 0.3) is 0 Å². The lowest BCUT2D eigenvalue weighted by atomic mass is 10.0. The van der Waals surface area contributed by atoms with Crippen molar-refractivity contribution in [2.24, 2.45) is 4.99 Å². The Labute approximate surface area is 162 Å². The van der Waals surface area contributed by atoms with E-state index in [2.05, 4.69) is 57.5 Å². The number of fused-ring (bicyclic) bond motifs is 1. The van der Waals surface area contributed by atoms with Crippen LogP contribution in [0.2, 0.25) is 0 Å². The Bertz CT molecular complexity index is 957. The predicted molar refractivity (Wildman–Crippen MR) is 110 cm³/mol. The molecule has 1 heterocycles. The van der Waals surface area contributed by atoms with Gasteiger partial charge in [0.1, 0.15) is 5.82 Å². The molecule has 0 fully saturated rings. The summed E-state index contributed by atoms with van der Waals surface area (Å²) in [4.78, 5) is 5.65. The molecule has 0 radical (unpaired) electrons. The summed E-state index contributed by atoms with van der Waals surface area (Å²) >= 11 is 1.53. The number of hydrogen-bond acceptors (Lipinski definition) is 2. The Morgan fingerprint density at radius 2 is 1.59 bits per heavy atom. The molecule has 2 N–H and O–H groups in total. The molecule has 136 valence electrons. The topological polar surface area (TPSA) is 36.4 Å². The van der Waals surface area contributed by atoms with Crippen molar-refractivity contribution in [3.05, 3.63) is 95.3 Å². The Balaban J connectivity index is 1.49. The number of nitrogens with zero attached hydrogens (tertiary/aromatic N) is 1. The lowest BCUT2D eigenvalue weighted by molar-refractivity contribution is 0.611. The van der Waals surface area contributed by atoms with Crippen LogP contribution in [0.5, 0.6) is 0 Å². The molecule has 1 aliphatic rings. The molecule has 5 heteroatoms. The summed E-state index contributed by atoms with van der Waals surface area (Å²) in [6.45, 7) is 0.296. The van der Waals surface area contributed by atoms with E-state index in [4.69, 9.17) is 0 Å². The molecule has 0 saturated carbocycles. The second-order valence-electron chi connectivity index (χ2n) is 6.36. The average molecular weight is 377 g/mol. The van der Waals surface area contributed by atoms with Crippen LogP contribution in [0.1, 0.15) is 16.7 Å². The van der Waals surface area contributed by atoms with Crippen LogP contribution < -0.4 is 10.0 Å². The number of anilines is 1. The van der Waals surface area contributed by atoms with E-state index in [0.717, 1.165) is 23.4 Å². The van der Waals surface area contributed by atoms with Crippen LogP contribution in [0.3, 0.4) is 0 Å². The summed E-state index contributed by atoms with van der Waals surface area (Å²) in [5, 5.41) is 3.39. The van der Waals surface area contributed by atoms with Gasteiger partial charge in [-0.2, -0.15) is 0 Å². The number of para-hydroxylation sites is 1. The highest BCUT2D eigenvalue weighted by Gasteiger charge is 2.17.